The maximum absolute atomic E-state index is 11.4. The van der Waals surface area contributed by atoms with Crippen LogP contribution in [-0.2, 0) is 15.9 Å². The molecule has 0 amide bonds. The monoisotopic (exact) mass is 387 g/mol. The van der Waals surface area contributed by atoms with E-state index >= 15 is 0 Å². The molecule has 0 radical (unpaired) electrons. The van der Waals surface area contributed by atoms with Crippen molar-refractivity contribution in [3.05, 3.63) is 59.1 Å². The molecule has 6 nitrogen and oxygen atoms in total. The quantitative estimate of drug-likeness (QED) is 0.550. The van der Waals surface area contributed by atoms with Crippen LogP contribution in [0, 0.1) is 0 Å². The van der Waals surface area contributed by atoms with Crippen molar-refractivity contribution in [2.45, 2.75) is 16.2 Å². The Labute approximate surface area is 149 Å². The molecule has 0 aliphatic carbocycles. The molecule has 1 aliphatic rings. The lowest BCUT2D eigenvalue weighted by Crippen LogP contribution is -2.49. The second kappa shape index (κ2) is 6.18. The van der Waals surface area contributed by atoms with Crippen molar-refractivity contribution in [1.82, 2.24) is 5.32 Å². The summed E-state index contributed by atoms with van der Waals surface area (Å²) in [5, 5.41) is 19.7. The number of nitrogens with two attached hydrogens (primary N) is 1. The van der Waals surface area contributed by atoms with E-state index in [9.17, 15) is 13.5 Å². The molecule has 1 saturated heterocycles. The normalized spacial score (nSPS) is 24.3. The summed E-state index contributed by atoms with van der Waals surface area (Å²) in [7, 11) is -3.78. The average molecular weight is 388 g/mol. The van der Waals surface area contributed by atoms with E-state index in [0.717, 1.165) is 0 Å². The van der Waals surface area contributed by atoms with Gasteiger partial charge in [0.15, 0.2) is 0 Å². The molecule has 2 aromatic carbocycles. The number of halogens is 2. The van der Waals surface area contributed by atoms with Gasteiger partial charge in [0.1, 0.15) is 5.50 Å². The predicted octanol–water partition coefficient (Wildman–Crippen LogP) is 1.76. The third-order valence-electron chi connectivity index (χ3n) is 3.82. The van der Waals surface area contributed by atoms with Gasteiger partial charge < -0.3 is 10.0 Å². The smallest absolute Gasteiger partial charge is 0.238 e. The van der Waals surface area contributed by atoms with Gasteiger partial charge in [0.05, 0.1) is 11.4 Å². The Morgan fingerprint density at radius 3 is 2.29 bits per heavy atom. The average Bonchev–Trinajstić information content (AvgIpc) is 2.83. The summed E-state index contributed by atoms with van der Waals surface area (Å²) >= 11 is 12.1. The third kappa shape index (κ3) is 3.23. The number of hydrogen-bond donors (Lipinski definition) is 3. The lowest BCUT2D eigenvalue weighted by atomic mass is 10.1. The van der Waals surface area contributed by atoms with Crippen LogP contribution in [0.15, 0.2) is 53.4 Å². The second-order valence-electron chi connectivity index (χ2n) is 5.44. The van der Waals surface area contributed by atoms with Crippen molar-refractivity contribution in [3.8, 4) is 0 Å². The molecule has 1 heterocycles. The number of benzene rings is 2. The molecule has 0 saturated carbocycles. The van der Waals surface area contributed by atoms with E-state index in [0.29, 0.717) is 22.8 Å². The third-order valence-corrected chi connectivity index (χ3v) is 5.24. The van der Waals surface area contributed by atoms with E-state index in [1.807, 2.05) is 0 Å². The highest BCUT2D eigenvalue weighted by Gasteiger charge is 2.44. The van der Waals surface area contributed by atoms with E-state index in [1.54, 1.807) is 41.3 Å². The van der Waals surface area contributed by atoms with Gasteiger partial charge in [0.25, 0.3) is 0 Å². The van der Waals surface area contributed by atoms with E-state index in [-0.39, 0.29) is 4.90 Å². The topological polar surface area (TPSA) is 95.7 Å². The number of aliphatic hydroxyl groups is 1. The minimum absolute atomic E-state index is 0.00383. The number of anilines is 1. The van der Waals surface area contributed by atoms with Crippen molar-refractivity contribution in [2.75, 3.05) is 11.4 Å². The van der Waals surface area contributed by atoms with Crippen molar-refractivity contribution in [3.63, 3.8) is 0 Å². The Kier molecular flexibility index (Phi) is 4.50. The highest BCUT2D eigenvalue weighted by Crippen LogP contribution is 2.35. The largest absolute Gasteiger partial charge is 0.355 e. The molecule has 1 fully saturated rings. The SMILES string of the molecule is NS(=O)(=O)c1ccc(N2CC(Cl)NC2(O)c2ccc(Cl)cc2)cc1. The van der Waals surface area contributed by atoms with Crippen LogP contribution < -0.4 is 15.4 Å². The minimum atomic E-state index is -3.78. The summed E-state index contributed by atoms with van der Waals surface area (Å²) in [6, 6.07) is 12.6. The van der Waals surface area contributed by atoms with Gasteiger partial charge in [-0.1, -0.05) is 23.7 Å². The van der Waals surface area contributed by atoms with Gasteiger partial charge >= 0.3 is 0 Å². The zero-order valence-corrected chi connectivity index (χ0v) is 14.7. The number of primary sulfonamides is 1. The van der Waals surface area contributed by atoms with Crippen LogP contribution in [0.2, 0.25) is 5.02 Å². The lowest BCUT2D eigenvalue weighted by Gasteiger charge is -2.35. The summed E-state index contributed by atoms with van der Waals surface area (Å²) < 4.78 is 22.7. The molecule has 0 spiro atoms. The van der Waals surface area contributed by atoms with Crippen molar-refractivity contribution < 1.29 is 13.5 Å². The summed E-state index contributed by atoms with van der Waals surface area (Å²) in [4.78, 5) is 1.64. The molecule has 3 rings (SSSR count). The zero-order chi connectivity index (χ0) is 17.5. The fourth-order valence-corrected chi connectivity index (χ4v) is 3.60. The van der Waals surface area contributed by atoms with Crippen LogP contribution in [0.25, 0.3) is 0 Å². The lowest BCUT2D eigenvalue weighted by molar-refractivity contribution is 0.0224. The first kappa shape index (κ1) is 17.5. The number of sulfonamides is 1. The molecule has 24 heavy (non-hydrogen) atoms. The summed E-state index contributed by atoms with van der Waals surface area (Å²) in [6.07, 6.45) is 0. The van der Waals surface area contributed by atoms with Crippen molar-refractivity contribution in [1.29, 1.82) is 0 Å². The molecular weight excluding hydrogens is 373 g/mol. The Balaban J connectivity index is 2.00. The van der Waals surface area contributed by atoms with Gasteiger partial charge in [-0.05, 0) is 36.4 Å². The predicted molar refractivity (Wildman–Crippen MR) is 93.3 cm³/mol. The fourth-order valence-electron chi connectivity index (χ4n) is 2.66. The highest BCUT2D eigenvalue weighted by atomic mass is 35.5. The van der Waals surface area contributed by atoms with Crippen LogP contribution in [0.4, 0.5) is 5.69 Å². The Morgan fingerprint density at radius 1 is 1.17 bits per heavy atom. The molecule has 0 bridgehead atoms. The molecule has 4 N–H and O–H groups in total. The van der Waals surface area contributed by atoms with Crippen molar-refractivity contribution in [2.24, 2.45) is 5.14 Å². The summed E-state index contributed by atoms with van der Waals surface area (Å²) in [5.41, 5.74) is 0.657. The van der Waals surface area contributed by atoms with Gasteiger partial charge in [0.2, 0.25) is 15.9 Å². The van der Waals surface area contributed by atoms with Gasteiger partial charge in [-0.2, -0.15) is 0 Å². The minimum Gasteiger partial charge on any atom is -0.355 e. The number of alkyl halides is 1. The van der Waals surface area contributed by atoms with Gasteiger partial charge in [-0.3, -0.25) is 0 Å². The molecule has 1 aliphatic heterocycles. The number of nitrogens with zero attached hydrogens (tertiary/aromatic N) is 1. The first-order valence-electron chi connectivity index (χ1n) is 7.01. The van der Waals surface area contributed by atoms with E-state index in [1.165, 1.54) is 12.1 Å². The molecule has 2 atom stereocenters. The maximum Gasteiger partial charge on any atom is 0.238 e. The Hall–Kier alpha value is -1.35. The van der Waals surface area contributed by atoms with Crippen LogP contribution in [0.3, 0.4) is 0 Å². The standard InChI is InChI=1S/C15H15Cl2N3O3S/c16-11-3-1-10(2-4-11)15(21)19-14(17)9-20(15)12-5-7-13(8-6-12)24(18,22)23/h1-8,14,19,21H,9H2,(H2,18,22,23). The zero-order valence-electron chi connectivity index (χ0n) is 12.4. The number of rotatable bonds is 3. The van der Waals surface area contributed by atoms with Gasteiger partial charge in [-0.25, -0.2) is 18.9 Å². The van der Waals surface area contributed by atoms with Crippen LogP contribution in [0.5, 0.6) is 0 Å². The second-order valence-corrected chi connectivity index (χ2v) is 7.97. The van der Waals surface area contributed by atoms with E-state index in [4.69, 9.17) is 28.3 Å². The first-order valence-corrected chi connectivity index (χ1v) is 9.37. The molecule has 128 valence electrons. The molecule has 0 aromatic heterocycles. The van der Waals surface area contributed by atoms with Crippen molar-refractivity contribution >= 4 is 38.9 Å². The molecule has 2 unspecified atom stereocenters. The fraction of sp³-hybridized carbons (Fsp3) is 0.200. The number of hydrogen-bond acceptors (Lipinski definition) is 5. The number of nitrogens with one attached hydrogen (secondary N) is 1. The Morgan fingerprint density at radius 2 is 1.75 bits per heavy atom. The van der Waals surface area contributed by atoms with Gasteiger partial charge in [0, 0.05) is 16.3 Å². The molecule has 2 aromatic rings. The van der Waals surface area contributed by atoms with Crippen LogP contribution in [-0.4, -0.2) is 25.6 Å². The van der Waals surface area contributed by atoms with E-state index < -0.39 is 21.4 Å². The summed E-state index contributed by atoms with van der Waals surface area (Å²) in [6.45, 7) is 0.315. The van der Waals surface area contributed by atoms with Crippen LogP contribution >= 0.6 is 23.2 Å². The maximum atomic E-state index is 11.4. The van der Waals surface area contributed by atoms with E-state index in [2.05, 4.69) is 5.32 Å². The highest BCUT2D eigenvalue weighted by molar-refractivity contribution is 7.89. The van der Waals surface area contributed by atoms with Gasteiger partial charge in [-0.15, -0.1) is 11.6 Å². The first-order chi connectivity index (χ1) is 11.2. The molecular formula is C15H15Cl2N3O3S. The summed E-state index contributed by atoms with van der Waals surface area (Å²) in [5.74, 6) is -1.54. The van der Waals surface area contributed by atoms with Crippen LogP contribution in [0.1, 0.15) is 5.56 Å². The molecule has 9 heteroatoms. The Bertz CT molecular complexity index is 843.